The van der Waals surface area contributed by atoms with Gasteiger partial charge in [-0.1, -0.05) is 132 Å². The molecule has 0 N–H and O–H groups in total. The molecule has 0 unspecified atom stereocenters. The van der Waals surface area contributed by atoms with Crippen molar-refractivity contribution in [2.75, 3.05) is 13.2 Å². The molecule has 6 rings (SSSR count). The molecule has 5 heteroatoms. The summed E-state index contributed by atoms with van der Waals surface area (Å²) in [6, 6.07) is 56.3. The van der Waals surface area contributed by atoms with Gasteiger partial charge in [0.2, 0.25) is 0 Å². The van der Waals surface area contributed by atoms with Crippen LogP contribution in [0.25, 0.3) is 0 Å². The van der Waals surface area contributed by atoms with Crippen LogP contribution in [0, 0.1) is 0 Å². The normalized spacial score (nSPS) is 10.8. The Morgan fingerprint density at radius 1 is 0.556 bits per heavy atom. The molecule has 0 spiro atoms. The van der Waals surface area contributed by atoms with Gasteiger partial charge in [-0.05, 0) is 32.4 Å². The van der Waals surface area contributed by atoms with Gasteiger partial charge in [0.15, 0.2) is 0 Å². The van der Waals surface area contributed by atoms with Crippen LogP contribution >= 0.6 is 15.8 Å². The summed E-state index contributed by atoms with van der Waals surface area (Å²) in [7, 11) is -1.05. The molecular weight excluding hydrogens is 675 g/mol. The van der Waals surface area contributed by atoms with Crippen molar-refractivity contribution in [3.63, 3.8) is 0 Å². The number of ether oxygens (including phenoxy) is 2. The minimum Gasteiger partial charge on any atom is -0.747 e. The van der Waals surface area contributed by atoms with E-state index < -0.39 is 15.8 Å². The van der Waals surface area contributed by atoms with Gasteiger partial charge in [0.25, 0.3) is 0 Å². The van der Waals surface area contributed by atoms with E-state index >= 15 is 0 Å². The molecule has 0 saturated carbocycles. The Bertz CT molecular complexity index is 1430. The van der Waals surface area contributed by atoms with Crippen molar-refractivity contribution >= 4 is 47.7 Å². The second-order valence-corrected chi connectivity index (χ2v) is 14.5. The van der Waals surface area contributed by atoms with Crippen LogP contribution in [0.2, 0.25) is 0 Å². The molecule has 6 aromatic carbocycles. The van der Waals surface area contributed by atoms with E-state index in [-0.39, 0.29) is 19.5 Å². The molecule has 0 aromatic heterocycles. The fourth-order valence-electron chi connectivity index (χ4n) is 5.16. The van der Waals surface area contributed by atoms with Crippen LogP contribution in [0.5, 0.6) is 0 Å². The number of hydrogen-bond donors (Lipinski definition) is 0. The first kappa shape index (κ1) is 34.8. The molecule has 45 heavy (non-hydrogen) atoms. The summed E-state index contributed by atoms with van der Waals surface area (Å²) in [4.78, 5) is 0. The van der Waals surface area contributed by atoms with Crippen molar-refractivity contribution in [2.24, 2.45) is 0 Å². The Labute approximate surface area is 284 Å². The Balaban J connectivity index is 0.000000200. The summed E-state index contributed by atoms with van der Waals surface area (Å²) in [6.45, 7) is 6.97. The van der Waals surface area contributed by atoms with Crippen molar-refractivity contribution in [1.82, 2.24) is 0 Å². The largest absolute Gasteiger partial charge is 0.747 e. The fraction of sp³-hybridized carbons (Fsp3) is 0.150. The fourth-order valence-corrected chi connectivity index (χ4v) is 10.1. The predicted molar refractivity (Wildman–Crippen MR) is 192 cm³/mol. The summed E-state index contributed by atoms with van der Waals surface area (Å²) in [5.41, 5.74) is 2.61. The second kappa shape index (κ2) is 18.8. The molecule has 6 aromatic rings. The van der Waals surface area contributed by atoms with Crippen LogP contribution < -0.4 is 31.8 Å². The third-order valence-electron chi connectivity index (χ3n) is 7.22. The van der Waals surface area contributed by atoms with Crippen LogP contribution in [0.3, 0.4) is 0 Å². The molecule has 0 amide bonds. The van der Waals surface area contributed by atoms with E-state index in [9.17, 15) is 0 Å². The van der Waals surface area contributed by atoms with Crippen molar-refractivity contribution in [3.8, 4) is 0 Å². The van der Waals surface area contributed by atoms with Crippen LogP contribution in [0.15, 0.2) is 158 Å². The van der Waals surface area contributed by atoms with Gasteiger partial charge < -0.3 is 38.5 Å². The topological polar surface area (TPSA) is 18.5 Å². The van der Waals surface area contributed by atoms with E-state index in [1.165, 1.54) is 43.0 Å². The Kier molecular flexibility index (Phi) is 14.6. The summed E-state index contributed by atoms with van der Waals surface area (Å²) in [5.74, 6) is 0. The molecule has 2 nitrogen and oxygen atoms in total. The second-order valence-electron chi connectivity index (χ2n) is 10.2. The maximum Gasteiger partial charge on any atom is 0.0428 e. The molecule has 0 aliphatic carbocycles. The van der Waals surface area contributed by atoms with Gasteiger partial charge >= 0.3 is 0 Å². The molecule has 236 valence electrons. The maximum atomic E-state index is 5.65. The molecule has 0 radical (unpaired) electrons. The van der Waals surface area contributed by atoms with E-state index in [0.29, 0.717) is 13.2 Å². The molecule has 0 atom stereocenters. The van der Waals surface area contributed by atoms with Gasteiger partial charge in [0, 0.05) is 39.3 Å². The first-order valence-corrected chi connectivity index (χ1v) is 17.9. The van der Waals surface area contributed by atoms with Crippen LogP contribution in [-0.4, -0.2) is 13.2 Å². The number of benzene rings is 4. The van der Waals surface area contributed by atoms with Gasteiger partial charge in [-0.2, -0.15) is 6.07 Å². The summed E-state index contributed by atoms with van der Waals surface area (Å²) < 4.78 is 11.3. The van der Waals surface area contributed by atoms with Crippen LogP contribution in [0.1, 0.15) is 25.0 Å². The van der Waals surface area contributed by atoms with Crippen molar-refractivity contribution < 1.29 is 29.0 Å². The van der Waals surface area contributed by atoms with Gasteiger partial charge in [-0.25, -0.2) is 20.1 Å². The standard InChI is InChI=1S/2C20H20OP.Ru/c2*1-2-21-16-17-10-9-15-20(17)22(18-11-5-3-6-12-18)19-13-7-4-8-14-19;/h2*3-15H,2,16H2,1H3;/q-5;-1;. The molecule has 0 aliphatic heterocycles. The van der Waals surface area contributed by atoms with Gasteiger partial charge in [-0.15, -0.1) is 17.5 Å². The Morgan fingerprint density at radius 2 is 1.02 bits per heavy atom. The molecule has 0 bridgehead atoms. The zero-order chi connectivity index (χ0) is 30.4. The molecule has 0 saturated heterocycles. The predicted octanol–water partition coefficient (Wildman–Crippen LogP) is 7.40. The third kappa shape index (κ3) is 9.50. The Hall–Kier alpha value is -3.02. The average Bonchev–Trinajstić information content (AvgIpc) is 3.75. The van der Waals surface area contributed by atoms with E-state index in [0.717, 1.165) is 13.2 Å². The first-order chi connectivity index (χ1) is 21.8. The zero-order valence-corrected chi connectivity index (χ0v) is 29.4. The minimum absolute atomic E-state index is 0. The monoisotopic (exact) mass is 716 g/mol. The summed E-state index contributed by atoms with van der Waals surface area (Å²) in [5, 5.41) is 8.34. The SMILES string of the molecule is CCOC[c-]1[cH-][cH-][cH-][c-]1P(c1ccccc1)c1ccccc1.CCOC[c-]1cccc1P(c1ccccc1)c1ccccc1.[Ru]. The average molecular weight is 716 g/mol. The van der Waals surface area contributed by atoms with E-state index in [2.05, 4.69) is 158 Å². The van der Waals surface area contributed by atoms with E-state index in [4.69, 9.17) is 9.47 Å². The zero-order valence-electron chi connectivity index (χ0n) is 25.9. The number of rotatable bonds is 12. The summed E-state index contributed by atoms with van der Waals surface area (Å²) >= 11 is 0. The summed E-state index contributed by atoms with van der Waals surface area (Å²) in [6.07, 6.45) is 0. The van der Waals surface area contributed by atoms with Gasteiger partial charge in [0.05, 0.1) is 0 Å². The van der Waals surface area contributed by atoms with Crippen molar-refractivity contribution in [3.05, 3.63) is 169 Å². The smallest absolute Gasteiger partial charge is 0.0428 e. The molecule has 0 fully saturated rings. The van der Waals surface area contributed by atoms with E-state index in [1.54, 1.807) is 0 Å². The quantitative estimate of drug-likeness (QED) is 0.0748. The molecule has 0 aliphatic rings. The van der Waals surface area contributed by atoms with Crippen molar-refractivity contribution in [1.29, 1.82) is 0 Å². The Morgan fingerprint density at radius 3 is 1.51 bits per heavy atom. The first-order valence-electron chi connectivity index (χ1n) is 15.2. The minimum atomic E-state index is -0.526. The van der Waals surface area contributed by atoms with Gasteiger partial charge in [0.1, 0.15) is 0 Å². The molecule has 0 heterocycles. The van der Waals surface area contributed by atoms with Crippen LogP contribution in [-0.2, 0) is 42.2 Å². The van der Waals surface area contributed by atoms with Gasteiger partial charge in [-0.3, -0.25) is 0 Å². The van der Waals surface area contributed by atoms with Crippen molar-refractivity contribution in [2.45, 2.75) is 27.1 Å². The maximum absolute atomic E-state index is 5.65. The van der Waals surface area contributed by atoms with Crippen LogP contribution in [0.4, 0.5) is 0 Å². The third-order valence-corrected chi connectivity index (χ3v) is 12.3. The van der Waals surface area contributed by atoms with E-state index in [1.807, 2.05) is 13.8 Å². The molecular formula is C40H40O2P2Ru-6. The number of hydrogen-bond acceptors (Lipinski definition) is 2.